The summed E-state index contributed by atoms with van der Waals surface area (Å²) in [6.45, 7) is 0. The van der Waals surface area contributed by atoms with Crippen molar-refractivity contribution in [3.63, 3.8) is 0 Å². The molecule has 0 bridgehead atoms. The quantitative estimate of drug-likeness (QED) is 0.727. The van der Waals surface area contributed by atoms with E-state index in [0.717, 1.165) is 5.69 Å². The Morgan fingerprint density at radius 3 is 2.67 bits per heavy atom. The number of hydrogen-bond acceptors (Lipinski definition) is 2. The Kier molecular flexibility index (Phi) is 1.53. The number of aromatic nitrogens is 1. The Balaban J connectivity index is 2.25. The number of rotatable bonds is 2. The maximum atomic E-state index is 13.4. The maximum Gasteiger partial charge on any atom is 0.152 e. The lowest BCUT2D eigenvalue weighted by atomic mass is 10.2. The SMILES string of the molecule is CNc1ccc(C2(F)CC2)nc1. The molecule has 12 heavy (non-hydrogen) atoms. The van der Waals surface area contributed by atoms with Crippen LogP contribution in [0.4, 0.5) is 10.1 Å². The lowest BCUT2D eigenvalue weighted by molar-refractivity contribution is 0.309. The standard InChI is InChI=1S/C9H11FN2/c1-11-7-2-3-8(12-6-7)9(10)4-5-9/h2-3,6,11H,4-5H2,1H3. The summed E-state index contributed by atoms with van der Waals surface area (Å²) in [7, 11) is 1.82. The van der Waals surface area contributed by atoms with Crippen LogP contribution in [0.15, 0.2) is 18.3 Å². The van der Waals surface area contributed by atoms with Gasteiger partial charge in [0.25, 0.3) is 0 Å². The summed E-state index contributed by atoms with van der Waals surface area (Å²) in [4.78, 5) is 4.05. The van der Waals surface area contributed by atoms with Crippen LogP contribution < -0.4 is 5.32 Å². The third-order valence-electron chi connectivity index (χ3n) is 2.20. The van der Waals surface area contributed by atoms with Gasteiger partial charge in [0.15, 0.2) is 5.67 Å². The molecule has 0 aliphatic heterocycles. The second-order valence-electron chi connectivity index (χ2n) is 3.15. The van der Waals surface area contributed by atoms with Crippen LogP contribution in [0.5, 0.6) is 0 Å². The monoisotopic (exact) mass is 166 g/mol. The molecule has 1 aromatic heterocycles. The lowest BCUT2D eigenvalue weighted by Gasteiger charge is -2.04. The molecule has 1 saturated carbocycles. The van der Waals surface area contributed by atoms with E-state index in [1.807, 2.05) is 13.1 Å². The molecule has 1 aliphatic carbocycles. The zero-order valence-corrected chi connectivity index (χ0v) is 6.97. The summed E-state index contributed by atoms with van der Waals surface area (Å²) in [6.07, 6.45) is 2.91. The fourth-order valence-electron chi connectivity index (χ4n) is 1.17. The molecule has 0 saturated heterocycles. The third-order valence-corrected chi connectivity index (χ3v) is 2.20. The molecule has 0 atom stereocenters. The second kappa shape index (κ2) is 2.44. The van der Waals surface area contributed by atoms with Gasteiger partial charge in [0, 0.05) is 7.05 Å². The van der Waals surface area contributed by atoms with Crippen LogP contribution >= 0.6 is 0 Å². The summed E-state index contributed by atoms with van der Waals surface area (Å²) < 4.78 is 13.4. The zero-order chi connectivity index (χ0) is 8.60. The molecular weight excluding hydrogens is 155 g/mol. The first kappa shape index (κ1) is 7.53. The minimum atomic E-state index is -1.10. The minimum absolute atomic E-state index is 0.571. The van der Waals surface area contributed by atoms with Crippen LogP contribution in [0.2, 0.25) is 0 Å². The van der Waals surface area contributed by atoms with Gasteiger partial charge in [-0.25, -0.2) is 4.39 Å². The number of pyridine rings is 1. The van der Waals surface area contributed by atoms with Crippen molar-refractivity contribution in [2.24, 2.45) is 0 Å². The van der Waals surface area contributed by atoms with Gasteiger partial charge in [-0.1, -0.05) is 0 Å². The molecule has 0 amide bonds. The molecule has 0 unspecified atom stereocenters. The van der Waals surface area contributed by atoms with E-state index in [2.05, 4.69) is 10.3 Å². The van der Waals surface area contributed by atoms with Crippen LogP contribution in [0.1, 0.15) is 18.5 Å². The summed E-state index contributed by atoms with van der Waals surface area (Å²) in [5, 5.41) is 2.94. The van der Waals surface area contributed by atoms with E-state index in [-0.39, 0.29) is 0 Å². The molecule has 64 valence electrons. The van der Waals surface area contributed by atoms with Crippen molar-refractivity contribution in [3.8, 4) is 0 Å². The van der Waals surface area contributed by atoms with Crippen molar-refractivity contribution >= 4 is 5.69 Å². The molecule has 1 fully saturated rings. The number of alkyl halides is 1. The predicted molar refractivity (Wildman–Crippen MR) is 45.8 cm³/mol. The van der Waals surface area contributed by atoms with Crippen LogP contribution in [0.25, 0.3) is 0 Å². The highest BCUT2D eigenvalue weighted by Gasteiger charge is 2.46. The smallest absolute Gasteiger partial charge is 0.152 e. The largest absolute Gasteiger partial charge is 0.387 e. The summed E-state index contributed by atoms with van der Waals surface area (Å²) in [5.74, 6) is 0. The van der Waals surface area contributed by atoms with Gasteiger partial charge in [0.1, 0.15) is 0 Å². The van der Waals surface area contributed by atoms with E-state index in [1.165, 1.54) is 0 Å². The molecule has 0 radical (unpaired) electrons. The number of nitrogens with one attached hydrogen (secondary N) is 1. The van der Waals surface area contributed by atoms with Gasteiger partial charge in [-0.15, -0.1) is 0 Å². The van der Waals surface area contributed by atoms with Crippen molar-refractivity contribution in [1.29, 1.82) is 0 Å². The average Bonchev–Trinajstić information content (AvgIpc) is 2.85. The molecule has 1 heterocycles. The van der Waals surface area contributed by atoms with E-state index in [1.54, 1.807) is 12.3 Å². The van der Waals surface area contributed by atoms with Gasteiger partial charge in [-0.2, -0.15) is 0 Å². The highest BCUT2D eigenvalue weighted by Crippen LogP contribution is 2.48. The van der Waals surface area contributed by atoms with Crippen molar-refractivity contribution in [3.05, 3.63) is 24.0 Å². The number of nitrogens with zero attached hydrogens (tertiary/aromatic N) is 1. The van der Waals surface area contributed by atoms with E-state index in [4.69, 9.17) is 0 Å². The highest BCUT2D eigenvalue weighted by atomic mass is 19.1. The van der Waals surface area contributed by atoms with Gasteiger partial charge < -0.3 is 5.32 Å². The van der Waals surface area contributed by atoms with Crippen molar-refractivity contribution in [1.82, 2.24) is 4.98 Å². The zero-order valence-electron chi connectivity index (χ0n) is 6.97. The maximum absolute atomic E-state index is 13.4. The second-order valence-corrected chi connectivity index (χ2v) is 3.15. The minimum Gasteiger partial charge on any atom is -0.387 e. The molecule has 2 rings (SSSR count). The number of halogens is 1. The molecule has 1 N–H and O–H groups in total. The van der Waals surface area contributed by atoms with Gasteiger partial charge in [0.05, 0.1) is 17.6 Å². The molecule has 0 spiro atoms. The molecule has 1 aliphatic rings. The highest BCUT2D eigenvalue weighted by molar-refractivity contribution is 5.41. The van der Waals surface area contributed by atoms with Crippen LogP contribution in [0.3, 0.4) is 0 Å². The van der Waals surface area contributed by atoms with Crippen LogP contribution in [0, 0.1) is 0 Å². The van der Waals surface area contributed by atoms with E-state index >= 15 is 0 Å². The summed E-state index contributed by atoms with van der Waals surface area (Å²) in [6, 6.07) is 3.60. The van der Waals surface area contributed by atoms with E-state index < -0.39 is 5.67 Å². The number of anilines is 1. The van der Waals surface area contributed by atoms with Crippen molar-refractivity contribution < 1.29 is 4.39 Å². The van der Waals surface area contributed by atoms with E-state index in [0.29, 0.717) is 18.5 Å². The third kappa shape index (κ3) is 1.15. The Morgan fingerprint density at radius 1 is 1.50 bits per heavy atom. The van der Waals surface area contributed by atoms with Gasteiger partial charge >= 0.3 is 0 Å². The fraction of sp³-hybridized carbons (Fsp3) is 0.444. The topological polar surface area (TPSA) is 24.9 Å². The Hall–Kier alpha value is -1.12. The van der Waals surface area contributed by atoms with Gasteiger partial charge in [-0.05, 0) is 25.0 Å². The Labute approximate surface area is 70.8 Å². The predicted octanol–water partition coefficient (Wildman–Crippen LogP) is 2.08. The molecular formula is C9H11FN2. The Bertz CT molecular complexity index is 277. The first-order valence-electron chi connectivity index (χ1n) is 4.08. The lowest BCUT2D eigenvalue weighted by Crippen LogP contribution is -2.01. The fourth-order valence-corrected chi connectivity index (χ4v) is 1.17. The van der Waals surface area contributed by atoms with Crippen molar-refractivity contribution in [2.45, 2.75) is 18.5 Å². The average molecular weight is 166 g/mol. The first-order chi connectivity index (χ1) is 5.74. The van der Waals surface area contributed by atoms with Crippen LogP contribution in [-0.4, -0.2) is 12.0 Å². The van der Waals surface area contributed by atoms with Gasteiger partial charge in [-0.3, -0.25) is 4.98 Å². The number of hydrogen-bond donors (Lipinski definition) is 1. The molecule has 0 aromatic carbocycles. The first-order valence-corrected chi connectivity index (χ1v) is 4.08. The molecule has 3 heteroatoms. The summed E-state index contributed by atoms with van der Waals surface area (Å²) in [5.41, 5.74) is 0.385. The van der Waals surface area contributed by atoms with Crippen LogP contribution in [-0.2, 0) is 5.67 Å². The Morgan fingerprint density at radius 2 is 2.25 bits per heavy atom. The van der Waals surface area contributed by atoms with Gasteiger partial charge in [0.2, 0.25) is 0 Å². The molecule has 2 nitrogen and oxygen atoms in total. The normalized spacial score (nSPS) is 18.8. The van der Waals surface area contributed by atoms with Crippen molar-refractivity contribution in [2.75, 3.05) is 12.4 Å². The summed E-state index contributed by atoms with van der Waals surface area (Å²) >= 11 is 0. The molecule has 1 aromatic rings. The van der Waals surface area contributed by atoms with E-state index in [9.17, 15) is 4.39 Å².